The molecule has 2 N–H and O–H groups in total. The van der Waals surface area contributed by atoms with Crippen molar-refractivity contribution in [3.8, 4) is 0 Å². The van der Waals surface area contributed by atoms with Gasteiger partial charge in [0.2, 0.25) is 0 Å². The van der Waals surface area contributed by atoms with Gasteiger partial charge in [-0.25, -0.2) is 8.42 Å². The van der Waals surface area contributed by atoms with E-state index in [0.29, 0.717) is 11.3 Å². The van der Waals surface area contributed by atoms with Crippen molar-refractivity contribution >= 4 is 27.5 Å². The van der Waals surface area contributed by atoms with Gasteiger partial charge < -0.3 is 5.11 Å². The Kier molecular flexibility index (Phi) is 4.92. The number of sulfonamides is 1. The third kappa shape index (κ3) is 3.78. The van der Waals surface area contributed by atoms with Crippen LogP contribution in [0, 0.1) is 0 Å². The van der Waals surface area contributed by atoms with Crippen LogP contribution in [-0.2, 0) is 10.0 Å². The van der Waals surface area contributed by atoms with E-state index in [1.54, 1.807) is 31.2 Å². The summed E-state index contributed by atoms with van der Waals surface area (Å²) in [5, 5.41) is 9.45. The Bertz CT molecular complexity index is 710. The molecule has 2 aromatic rings. The predicted molar refractivity (Wildman–Crippen MR) is 86.1 cm³/mol. The third-order valence-corrected chi connectivity index (χ3v) is 5.20. The highest BCUT2D eigenvalue weighted by atomic mass is 32.2. The van der Waals surface area contributed by atoms with Crippen LogP contribution in [0.15, 0.2) is 58.3 Å². The van der Waals surface area contributed by atoms with Gasteiger partial charge in [-0.05, 0) is 43.0 Å². The molecule has 0 aliphatic heterocycles. The van der Waals surface area contributed by atoms with Crippen LogP contribution in [0.25, 0.3) is 0 Å². The number of nitrogens with one attached hydrogen (secondary N) is 1. The standard InChI is InChI=1S/C15H17NO3S2/c1-11(17)12-7-9-13(10-8-12)21(18,19)16-14-5-3-4-6-15(14)20-2/h3-11,16-17H,1-2H3. The van der Waals surface area contributed by atoms with Gasteiger partial charge in [-0.1, -0.05) is 24.3 Å². The monoisotopic (exact) mass is 323 g/mol. The average molecular weight is 323 g/mol. The Morgan fingerprint density at radius 3 is 2.29 bits per heavy atom. The minimum atomic E-state index is -3.63. The summed E-state index contributed by atoms with van der Waals surface area (Å²) in [4.78, 5) is 1.03. The Labute approximate surface area is 129 Å². The van der Waals surface area contributed by atoms with Crippen molar-refractivity contribution in [2.75, 3.05) is 11.0 Å². The van der Waals surface area contributed by atoms with Gasteiger partial charge >= 0.3 is 0 Å². The predicted octanol–water partition coefficient (Wildman–Crippen LogP) is 3.26. The second kappa shape index (κ2) is 6.51. The summed E-state index contributed by atoms with van der Waals surface area (Å²) in [7, 11) is -3.63. The molecule has 0 aliphatic carbocycles. The molecule has 2 rings (SSSR count). The fraction of sp³-hybridized carbons (Fsp3) is 0.200. The van der Waals surface area contributed by atoms with Gasteiger partial charge in [0.1, 0.15) is 0 Å². The van der Waals surface area contributed by atoms with Crippen molar-refractivity contribution in [2.45, 2.75) is 22.8 Å². The first-order chi connectivity index (χ1) is 9.94. The molecule has 0 aliphatic rings. The first-order valence-electron chi connectivity index (χ1n) is 6.38. The molecule has 6 heteroatoms. The number of benzene rings is 2. The van der Waals surface area contributed by atoms with Crippen molar-refractivity contribution in [1.82, 2.24) is 0 Å². The number of rotatable bonds is 5. The molecule has 0 radical (unpaired) electrons. The van der Waals surface area contributed by atoms with Crippen molar-refractivity contribution < 1.29 is 13.5 Å². The van der Waals surface area contributed by atoms with Crippen molar-refractivity contribution in [3.05, 3.63) is 54.1 Å². The highest BCUT2D eigenvalue weighted by Gasteiger charge is 2.16. The van der Waals surface area contributed by atoms with E-state index >= 15 is 0 Å². The van der Waals surface area contributed by atoms with Crippen LogP contribution in [0.2, 0.25) is 0 Å². The van der Waals surface area contributed by atoms with E-state index in [4.69, 9.17) is 0 Å². The summed E-state index contributed by atoms with van der Waals surface area (Å²) >= 11 is 1.48. The second-order valence-corrected chi connectivity index (χ2v) is 7.08. The Hall–Kier alpha value is -1.50. The lowest BCUT2D eigenvalue weighted by atomic mass is 10.1. The van der Waals surface area contributed by atoms with Gasteiger partial charge in [0.05, 0.1) is 16.7 Å². The van der Waals surface area contributed by atoms with Gasteiger partial charge in [-0.15, -0.1) is 11.8 Å². The Morgan fingerprint density at radius 1 is 1.10 bits per heavy atom. The van der Waals surface area contributed by atoms with Gasteiger partial charge in [-0.2, -0.15) is 0 Å². The lowest BCUT2D eigenvalue weighted by Gasteiger charge is -2.12. The largest absolute Gasteiger partial charge is 0.389 e. The van der Waals surface area contributed by atoms with Gasteiger partial charge in [0.25, 0.3) is 10.0 Å². The summed E-state index contributed by atoms with van der Waals surface area (Å²) in [5.41, 5.74) is 1.24. The molecule has 0 fully saturated rings. The molecule has 0 aromatic heterocycles. The highest BCUT2D eigenvalue weighted by Crippen LogP contribution is 2.27. The fourth-order valence-corrected chi connectivity index (χ4v) is 3.56. The van der Waals surface area contributed by atoms with Crippen molar-refractivity contribution in [1.29, 1.82) is 0 Å². The molecular formula is C15H17NO3S2. The first kappa shape index (κ1) is 15.9. The fourth-order valence-electron chi connectivity index (χ4n) is 1.86. The van der Waals surface area contributed by atoms with Crippen LogP contribution in [0.4, 0.5) is 5.69 Å². The van der Waals surface area contributed by atoms with Gasteiger partial charge in [0, 0.05) is 4.90 Å². The molecule has 2 aromatic carbocycles. The molecule has 4 nitrogen and oxygen atoms in total. The summed E-state index contributed by atoms with van der Waals surface area (Å²) in [6.07, 6.45) is 1.27. The number of anilines is 1. The maximum atomic E-state index is 12.4. The zero-order valence-corrected chi connectivity index (χ0v) is 13.4. The number of thioether (sulfide) groups is 1. The maximum Gasteiger partial charge on any atom is 0.261 e. The SMILES string of the molecule is CSc1ccccc1NS(=O)(=O)c1ccc(C(C)O)cc1. The number of aliphatic hydroxyl groups excluding tert-OH is 1. The van der Waals surface area contributed by atoms with E-state index < -0.39 is 16.1 Å². The summed E-state index contributed by atoms with van der Waals surface area (Å²) in [5.74, 6) is 0. The molecule has 0 saturated heterocycles. The zero-order valence-electron chi connectivity index (χ0n) is 11.8. The minimum absolute atomic E-state index is 0.169. The molecule has 0 saturated carbocycles. The number of hydrogen-bond acceptors (Lipinski definition) is 4. The van der Waals surface area contributed by atoms with Crippen molar-refractivity contribution in [2.24, 2.45) is 0 Å². The number of aliphatic hydroxyl groups is 1. The highest BCUT2D eigenvalue weighted by molar-refractivity contribution is 7.99. The second-order valence-electron chi connectivity index (χ2n) is 4.55. The molecule has 0 heterocycles. The van der Waals surface area contributed by atoms with Crippen LogP contribution >= 0.6 is 11.8 Å². The van der Waals surface area contributed by atoms with E-state index in [1.807, 2.05) is 18.4 Å². The molecule has 1 atom stereocenters. The molecule has 0 amide bonds. The quantitative estimate of drug-likeness (QED) is 0.829. The Balaban J connectivity index is 2.30. The minimum Gasteiger partial charge on any atom is -0.389 e. The smallest absolute Gasteiger partial charge is 0.261 e. The summed E-state index contributed by atoms with van der Waals surface area (Å²) < 4.78 is 27.3. The van der Waals surface area contributed by atoms with Gasteiger partial charge in [0.15, 0.2) is 0 Å². The lowest BCUT2D eigenvalue weighted by Crippen LogP contribution is -2.13. The van der Waals surface area contributed by atoms with E-state index in [2.05, 4.69) is 4.72 Å². The molecule has 1 unspecified atom stereocenters. The normalized spacial score (nSPS) is 12.9. The summed E-state index contributed by atoms with van der Waals surface area (Å²) in [6, 6.07) is 13.4. The van der Waals surface area contributed by atoms with Crippen LogP contribution in [0.1, 0.15) is 18.6 Å². The molecule has 0 spiro atoms. The van der Waals surface area contributed by atoms with Gasteiger partial charge in [-0.3, -0.25) is 4.72 Å². The van der Waals surface area contributed by atoms with E-state index in [9.17, 15) is 13.5 Å². The van der Waals surface area contributed by atoms with Crippen molar-refractivity contribution in [3.63, 3.8) is 0 Å². The number of para-hydroxylation sites is 1. The molecule has 0 bridgehead atoms. The van der Waals surface area contributed by atoms with Crippen LogP contribution in [0.5, 0.6) is 0 Å². The lowest BCUT2D eigenvalue weighted by molar-refractivity contribution is 0.199. The van der Waals surface area contributed by atoms with Crippen LogP contribution in [0.3, 0.4) is 0 Å². The molecule has 112 valence electrons. The average Bonchev–Trinajstić information content (AvgIpc) is 2.47. The van der Waals surface area contributed by atoms with E-state index in [1.165, 1.54) is 23.9 Å². The number of hydrogen-bond donors (Lipinski definition) is 2. The third-order valence-electron chi connectivity index (χ3n) is 3.02. The van der Waals surface area contributed by atoms with E-state index in [-0.39, 0.29) is 4.90 Å². The van der Waals surface area contributed by atoms with E-state index in [0.717, 1.165) is 4.90 Å². The summed E-state index contributed by atoms with van der Waals surface area (Å²) in [6.45, 7) is 1.64. The zero-order chi connectivity index (χ0) is 15.5. The van der Waals surface area contributed by atoms with Crippen LogP contribution in [-0.4, -0.2) is 19.8 Å². The molecular weight excluding hydrogens is 306 g/mol. The first-order valence-corrected chi connectivity index (χ1v) is 9.08. The molecule has 21 heavy (non-hydrogen) atoms. The Morgan fingerprint density at radius 2 is 1.71 bits per heavy atom. The topological polar surface area (TPSA) is 66.4 Å². The maximum absolute atomic E-state index is 12.4. The van der Waals surface area contributed by atoms with Crippen LogP contribution < -0.4 is 4.72 Å².